The van der Waals surface area contributed by atoms with Gasteiger partial charge in [-0.1, -0.05) is 0 Å². The molecule has 1 N–H and O–H groups in total. The first-order chi connectivity index (χ1) is 13.6. The first-order valence-electron chi connectivity index (χ1n) is 8.53. The third-order valence-corrected chi connectivity index (χ3v) is 4.52. The summed E-state index contributed by atoms with van der Waals surface area (Å²) in [4.78, 5) is 17.4. The molecule has 1 aromatic carbocycles. The summed E-state index contributed by atoms with van der Waals surface area (Å²) in [5.41, 5.74) is 0.464. The average Bonchev–Trinajstić information content (AvgIpc) is 3.04. The molecule has 0 aliphatic heterocycles. The first-order valence-corrected chi connectivity index (χ1v) is 8.53. The first kappa shape index (κ1) is 20.1. The van der Waals surface area contributed by atoms with E-state index in [4.69, 9.17) is 0 Å². The van der Waals surface area contributed by atoms with E-state index >= 15 is 0 Å². The van der Waals surface area contributed by atoms with Crippen LogP contribution in [0.3, 0.4) is 0 Å². The number of rotatable bonds is 4. The van der Waals surface area contributed by atoms with E-state index in [1.807, 2.05) is 12.1 Å². The summed E-state index contributed by atoms with van der Waals surface area (Å²) in [6.07, 6.45) is -2.99. The fourth-order valence-corrected chi connectivity index (χ4v) is 2.87. The SMILES string of the molecule is Cc1cc(C(F)(F)F)nc(NCC(=O)N(C)c2ccc3c(cnn3C)c2)c1C#N. The van der Waals surface area contributed by atoms with Crippen LogP contribution in [0.1, 0.15) is 16.8 Å². The Labute approximate surface area is 164 Å². The lowest BCUT2D eigenvalue weighted by Gasteiger charge is -2.19. The van der Waals surface area contributed by atoms with Gasteiger partial charge in [-0.25, -0.2) is 4.98 Å². The van der Waals surface area contributed by atoms with Crippen LogP contribution in [-0.4, -0.2) is 34.3 Å². The zero-order valence-electron chi connectivity index (χ0n) is 15.9. The second-order valence-corrected chi connectivity index (χ2v) is 6.48. The van der Waals surface area contributed by atoms with Gasteiger partial charge in [0.05, 0.1) is 23.8 Å². The van der Waals surface area contributed by atoms with E-state index in [1.165, 1.54) is 11.8 Å². The lowest BCUT2D eigenvalue weighted by molar-refractivity contribution is -0.141. The number of likely N-dealkylation sites (N-methyl/N-ethyl adjacent to an activating group) is 1. The van der Waals surface area contributed by atoms with Crippen molar-refractivity contribution in [2.75, 3.05) is 23.8 Å². The summed E-state index contributed by atoms with van der Waals surface area (Å²) in [5.74, 6) is -0.682. The van der Waals surface area contributed by atoms with Crippen LogP contribution in [0.25, 0.3) is 10.9 Å². The van der Waals surface area contributed by atoms with Crippen molar-refractivity contribution in [2.45, 2.75) is 13.1 Å². The Morgan fingerprint density at radius 3 is 2.72 bits per heavy atom. The Bertz CT molecular complexity index is 1130. The number of aryl methyl sites for hydroxylation is 2. The minimum absolute atomic E-state index is 0.0368. The zero-order chi connectivity index (χ0) is 21.3. The fraction of sp³-hybridized carbons (Fsp3) is 0.263. The van der Waals surface area contributed by atoms with Crippen molar-refractivity contribution in [3.8, 4) is 6.07 Å². The number of amides is 1. The summed E-state index contributed by atoms with van der Waals surface area (Å²) >= 11 is 0. The van der Waals surface area contributed by atoms with Crippen LogP contribution in [0.5, 0.6) is 0 Å². The number of alkyl halides is 3. The molecule has 0 radical (unpaired) electrons. The second-order valence-electron chi connectivity index (χ2n) is 6.48. The molecule has 1 amide bonds. The Hall–Kier alpha value is -3.61. The minimum Gasteiger partial charge on any atom is -0.360 e. The quantitative estimate of drug-likeness (QED) is 0.724. The molecule has 2 aromatic heterocycles. The number of aromatic nitrogens is 3. The summed E-state index contributed by atoms with van der Waals surface area (Å²) in [6.45, 7) is 1.06. The number of fused-ring (bicyclic) bond motifs is 1. The Morgan fingerprint density at radius 2 is 2.07 bits per heavy atom. The molecule has 0 saturated carbocycles. The number of anilines is 2. The van der Waals surface area contributed by atoms with Crippen LogP contribution in [0.2, 0.25) is 0 Å². The lowest BCUT2D eigenvalue weighted by Crippen LogP contribution is -2.32. The van der Waals surface area contributed by atoms with Gasteiger partial charge in [0.2, 0.25) is 5.91 Å². The molecular formula is C19H17F3N6O. The van der Waals surface area contributed by atoms with Gasteiger partial charge in [-0.2, -0.15) is 23.5 Å². The van der Waals surface area contributed by atoms with Gasteiger partial charge in [0.1, 0.15) is 17.6 Å². The topological polar surface area (TPSA) is 86.8 Å². The number of nitrogens with one attached hydrogen (secondary N) is 1. The highest BCUT2D eigenvalue weighted by molar-refractivity contribution is 5.97. The third-order valence-electron chi connectivity index (χ3n) is 4.52. The predicted molar refractivity (Wildman–Crippen MR) is 101 cm³/mol. The molecule has 29 heavy (non-hydrogen) atoms. The second kappa shape index (κ2) is 7.43. The summed E-state index contributed by atoms with van der Waals surface area (Å²) in [5, 5.41) is 16.8. The highest BCUT2D eigenvalue weighted by Gasteiger charge is 2.34. The van der Waals surface area contributed by atoms with E-state index in [0.717, 1.165) is 17.0 Å². The highest BCUT2D eigenvalue weighted by Crippen LogP contribution is 2.31. The van der Waals surface area contributed by atoms with Gasteiger partial charge in [-0.15, -0.1) is 0 Å². The van der Waals surface area contributed by atoms with Gasteiger partial charge in [0.25, 0.3) is 0 Å². The molecule has 0 bridgehead atoms. The largest absolute Gasteiger partial charge is 0.433 e. The van der Waals surface area contributed by atoms with Crippen LogP contribution < -0.4 is 10.2 Å². The van der Waals surface area contributed by atoms with Crippen LogP contribution in [0, 0.1) is 18.3 Å². The Morgan fingerprint density at radius 1 is 1.34 bits per heavy atom. The van der Waals surface area contributed by atoms with Crippen LogP contribution in [0.15, 0.2) is 30.5 Å². The van der Waals surface area contributed by atoms with E-state index < -0.39 is 17.8 Å². The maximum atomic E-state index is 13.0. The highest BCUT2D eigenvalue weighted by atomic mass is 19.4. The monoisotopic (exact) mass is 402 g/mol. The van der Waals surface area contributed by atoms with Crippen molar-refractivity contribution < 1.29 is 18.0 Å². The molecule has 3 rings (SSSR count). The van der Waals surface area contributed by atoms with Gasteiger partial charge < -0.3 is 10.2 Å². The Kier molecular flexibility index (Phi) is 5.16. The summed E-state index contributed by atoms with van der Waals surface area (Å²) in [7, 11) is 3.36. The molecular weight excluding hydrogens is 385 g/mol. The maximum absolute atomic E-state index is 13.0. The van der Waals surface area contributed by atoms with Crippen LogP contribution in [0.4, 0.5) is 24.7 Å². The van der Waals surface area contributed by atoms with Crippen LogP contribution in [-0.2, 0) is 18.0 Å². The molecule has 150 valence electrons. The van der Waals surface area contributed by atoms with E-state index in [9.17, 15) is 23.2 Å². The molecule has 2 heterocycles. The van der Waals surface area contributed by atoms with Gasteiger partial charge >= 0.3 is 6.18 Å². The number of carbonyl (C=O) groups excluding carboxylic acids is 1. The molecule has 0 aliphatic carbocycles. The number of hydrogen-bond donors (Lipinski definition) is 1. The molecule has 10 heteroatoms. The molecule has 0 saturated heterocycles. The predicted octanol–water partition coefficient (Wildman–Crippen LogP) is 3.24. The van der Waals surface area contributed by atoms with Gasteiger partial charge in [0, 0.05) is 25.2 Å². The van der Waals surface area contributed by atoms with Crippen molar-refractivity contribution in [3.63, 3.8) is 0 Å². The van der Waals surface area contributed by atoms with Crippen molar-refractivity contribution in [1.29, 1.82) is 5.26 Å². The molecule has 3 aromatic rings. The Balaban J connectivity index is 1.80. The number of nitriles is 1. The minimum atomic E-state index is -4.66. The number of benzene rings is 1. The van der Waals surface area contributed by atoms with Gasteiger partial charge in [-0.05, 0) is 36.8 Å². The maximum Gasteiger partial charge on any atom is 0.433 e. The third kappa shape index (κ3) is 3.99. The number of hydrogen-bond acceptors (Lipinski definition) is 5. The molecule has 0 fully saturated rings. The van der Waals surface area contributed by atoms with Crippen molar-refractivity contribution in [3.05, 3.63) is 47.3 Å². The normalized spacial score (nSPS) is 11.3. The van der Waals surface area contributed by atoms with E-state index in [2.05, 4.69) is 15.4 Å². The molecule has 0 spiro atoms. The summed E-state index contributed by atoms with van der Waals surface area (Å²) in [6, 6.07) is 7.98. The average molecular weight is 402 g/mol. The van der Waals surface area contributed by atoms with Crippen molar-refractivity contribution >= 4 is 28.3 Å². The van der Waals surface area contributed by atoms with Crippen LogP contribution >= 0.6 is 0 Å². The zero-order valence-corrected chi connectivity index (χ0v) is 15.9. The van der Waals surface area contributed by atoms with Gasteiger partial charge in [0.15, 0.2) is 0 Å². The molecule has 7 nitrogen and oxygen atoms in total. The summed E-state index contributed by atoms with van der Waals surface area (Å²) < 4.78 is 40.7. The number of nitrogens with zero attached hydrogens (tertiary/aromatic N) is 5. The van der Waals surface area contributed by atoms with Crippen molar-refractivity contribution in [2.24, 2.45) is 7.05 Å². The van der Waals surface area contributed by atoms with E-state index in [1.54, 1.807) is 37.1 Å². The lowest BCUT2D eigenvalue weighted by atomic mass is 10.1. The molecule has 0 atom stereocenters. The molecule has 0 aliphatic rings. The molecule has 0 unspecified atom stereocenters. The van der Waals surface area contributed by atoms with E-state index in [-0.39, 0.29) is 23.5 Å². The van der Waals surface area contributed by atoms with E-state index in [0.29, 0.717) is 5.69 Å². The fourth-order valence-electron chi connectivity index (χ4n) is 2.87. The number of pyridine rings is 1. The number of halogens is 3. The standard InChI is InChI=1S/C19H17F3N6O/c1-11-6-16(19(20,21)22)26-18(14(11)8-23)24-10-17(29)27(2)13-4-5-15-12(7-13)9-25-28(15)3/h4-7,9H,10H2,1-3H3,(H,24,26). The number of carbonyl (C=O) groups is 1. The smallest absolute Gasteiger partial charge is 0.360 e. The van der Waals surface area contributed by atoms with Gasteiger partial charge in [-0.3, -0.25) is 9.48 Å². The van der Waals surface area contributed by atoms with Crippen molar-refractivity contribution in [1.82, 2.24) is 14.8 Å².